The molecule has 1 heterocycles. The molecule has 0 saturated carbocycles. The number of aryl methyl sites for hydroxylation is 2. The molecule has 4 nitrogen and oxygen atoms in total. The smallest absolute Gasteiger partial charge is 0.175 e. The molecule has 0 unspecified atom stereocenters. The Balaban J connectivity index is 2.01. The van der Waals surface area contributed by atoms with Crippen molar-refractivity contribution >= 4 is 15.5 Å². The fourth-order valence-corrected chi connectivity index (χ4v) is 4.35. The van der Waals surface area contributed by atoms with E-state index in [1.807, 2.05) is 26.0 Å². The van der Waals surface area contributed by atoms with Crippen molar-refractivity contribution in [2.45, 2.75) is 38.1 Å². The first-order valence-corrected chi connectivity index (χ1v) is 10.0. The molecule has 0 radical (unpaired) electrons. The van der Waals surface area contributed by atoms with Crippen molar-refractivity contribution in [1.82, 2.24) is 0 Å². The van der Waals surface area contributed by atoms with Crippen LogP contribution in [-0.4, -0.2) is 26.3 Å². The summed E-state index contributed by atoms with van der Waals surface area (Å²) in [6, 6.07) is 9.27. The molecule has 1 N–H and O–H groups in total. The van der Waals surface area contributed by atoms with Crippen LogP contribution < -0.4 is 4.90 Å². The summed E-state index contributed by atoms with van der Waals surface area (Å²) in [6.07, 6.45) is 2.94. The van der Waals surface area contributed by atoms with E-state index in [4.69, 9.17) is 0 Å². The Hall–Kier alpha value is -2.01. The lowest BCUT2D eigenvalue weighted by Gasteiger charge is -2.32. The normalized spacial score (nSPS) is 14.5. The molecule has 3 rings (SSSR count). The van der Waals surface area contributed by atoms with Crippen molar-refractivity contribution in [2.75, 3.05) is 17.7 Å². The summed E-state index contributed by atoms with van der Waals surface area (Å²) in [5.74, 6) is 0.296. The van der Waals surface area contributed by atoms with Gasteiger partial charge in [0.2, 0.25) is 0 Å². The van der Waals surface area contributed by atoms with Crippen LogP contribution in [0.5, 0.6) is 5.75 Å². The summed E-state index contributed by atoms with van der Waals surface area (Å²) in [5, 5.41) is 10.3. The van der Waals surface area contributed by atoms with Gasteiger partial charge in [-0.1, -0.05) is 12.1 Å². The second kappa shape index (κ2) is 6.13. The summed E-state index contributed by atoms with van der Waals surface area (Å²) in [5.41, 5.74) is 4.94. The number of hydrogen-bond acceptors (Lipinski definition) is 4. The van der Waals surface area contributed by atoms with Crippen LogP contribution in [0.3, 0.4) is 0 Å². The summed E-state index contributed by atoms with van der Waals surface area (Å²) in [4.78, 5) is 2.59. The second-order valence-electron chi connectivity index (χ2n) is 6.62. The zero-order chi connectivity index (χ0) is 17.5. The van der Waals surface area contributed by atoms with Crippen molar-refractivity contribution in [2.24, 2.45) is 0 Å². The van der Waals surface area contributed by atoms with Gasteiger partial charge in [-0.3, -0.25) is 0 Å². The van der Waals surface area contributed by atoms with Crippen LogP contribution in [0.1, 0.15) is 28.7 Å². The van der Waals surface area contributed by atoms with Gasteiger partial charge in [-0.2, -0.15) is 0 Å². The lowest BCUT2D eigenvalue weighted by atomic mass is 9.99. The maximum atomic E-state index is 12.0. The number of sulfone groups is 1. The van der Waals surface area contributed by atoms with Gasteiger partial charge in [-0.15, -0.1) is 0 Å². The van der Waals surface area contributed by atoms with Gasteiger partial charge in [0.05, 0.1) is 4.90 Å². The van der Waals surface area contributed by atoms with Gasteiger partial charge in [0.15, 0.2) is 9.84 Å². The van der Waals surface area contributed by atoms with Crippen molar-refractivity contribution in [3.8, 4) is 5.75 Å². The number of phenolic OH excluding ortho intramolecular Hbond substituents is 1. The van der Waals surface area contributed by atoms with Crippen molar-refractivity contribution in [1.29, 1.82) is 0 Å². The van der Waals surface area contributed by atoms with E-state index in [2.05, 4.69) is 4.90 Å². The summed E-state index contributed by atoms with van der Waals surface area (Å²) in [6.45, 7) is 5.44. The van der Waals surface area contributed by atoms with E-state index in [1.54, 1.807) is 18.2 Å². The SMILES string of the molecule is Cc1cc(O)c(CN2CCCc3c2cccc3S(C)(=O)=O)cc1C. The fourth-order valence-electron chi connectivity index (χ4n) is 3.37. The average Bonchev–Trinajstić information content (AvgIpc) is 2.51. The Morgan fingerprint density at radius 2 is 1.88 bits per heavy atom. The minimum atomic E-state index is -3.24. The topological polar surface area (TPSA) is 57.6 Å². The third-order valence-electron chi connectivity index (χ3n) is 4.76. The van der Waals surface area contributed by atoms with Gasteiger partial charge >= 0.3 is 0 Å². The highest BCUT2D eigenvalue weighted by atomic mass is 32.2. The number of rotatable bonds is 3. The van der Waals surface area contributed by atoms with E-state index in [-0.39, 0.29) is 0 Å². The van der Waals surface area contributed by atoms with Gasteiger partial charge in [0.25, 0.3) is 0 Å². The maximum absolute atomic E-state index is 12.0. The Bertz CT molecular complexity index is 888. The predicted molar refractivity (Wildman–Crippen MR) is 96.5 cm³/mol. The molecule has 2 aromatic rings. The molecule has 24 heavy (non-hydrogen) atoms. The van der Waals surface area contributed by atoms with Gasteiger partial charge in [-0.25, -0.2) is 8.42 Å². The molecule has 5 heteroatoms. The minimum Gasteiger partial charge on any atom is -0.508 e. The third-order valence-corrected chi connectivity index (χ3v) is 5.94. The molecule has 0 aromatic heterocycles. The Morgan fingerprint density at radius 1 is 1.17 bits per heavy atom. The highest BCUT2D eigenvalue weighted by molar-refractivity contribution is 7.90. The molecular formula is C19H23NO3S. The predicted octanol–water partition coefficient (Wildman–Crippen LogP) is 3.37. The molecule has 0 spiro atoms. The molecule has 1 aliphatic rings. The van der Waals surface area contributed by atoms with Crippen LogP contribution >= 0.6 is 0 Å². The number of aromatic hydroxyl groups is 1. The molecule has 1 aliphatic heterocycles. The van der Waals surface area contributed by atoms with Crippen LogP contribution in [0, 0.1) is 13.8 Å². The molecule has 2 aromatic carbocycles. The number of anilines is 1. The minimum absolute atomic E-state index is 0.296. The van der Waals surface area contributed by atoms with Gasteiger partial charge < -0.3 is 10.0 Å². The van der Waals surface area contributed by atoms with Crippen molar-refractivity contribution in [3.63, 3.8) is 0 Å². The van der Waals surface area contributed by atoms with Crippen LogP contribution in [-0.2, 0) is 22.8 Å². The van der Waals surface area contributed by atoms with E-state index < -0.39 is 9.84 Å². The van der Waals surface area contributed by atoms with Crippen molar-refractivity contribution in [3.05, 3.63) is 52.6 Å². The molecule has 0 atom stereocenters. The number of phenols is 1. The molecule has 128 valence electrons. The zero-order valence-electron chi connectivity index (χ0n) is 14.3. The summed E-state index contributed by atoms with van der Waals surface area (Å²) in [7, 11) is -3.24. The lowest BCUT2D eigenvalue weighted by Crippen LogP contribution is -2.29. The number of benzene rings is 2. The Kier molecular flexibility index (Phi) is 4.30. The average molecular weight is 345 g/mol. The molecule has 0 amide bonds. The molecule has 0 bridgehead atoms. The summed E-state index contributed by atoms with van der Waals surface area (Å²) < 4.78 is 24.1. The van der Waals surface area contributed by atoms with Crippen LogP contribution in [0.2, 0.25) is 0 Å². The quantitative estimate of drug-likeness (QED) is 0.927. The van der Waals surface area contributed by atoms with Crippen LogP contribution in [0.25, 0.3) is 0 Å². The molecule has 0 saturated heterocycles. The Morgan fingerprint density at radius 3 is 2.58 bits per heavy atom. The number of fused-ring (bicyclic) bond motifs is 1. The highest BCUT2D eigenvalue weighted by Crippen LogP contribution is 2.34. The standard InChI is InChI=1S/C19H23NO3S/c1-13-10-15(18(21)11-14(13)2)12-20-9-5-6-16-17(20)7-4-8-19(16)24(3,22)23/h4,7-8,10-11,21H,5-6,9,12H2,1-3H3. The van der Waals surface area contributed by atoms with Gasteiger partial charge in [0.1, 0.15) is 5.75 Å². The first kappa shape index (κ1) is 16.8. The van der Waals surface area contributed by atoms with Gasteiger partial charge in [-0.05, 0) is 61.6 Å². The number of hydrogen-bond donors (Lipinski definition) is 1. The van der Waals surface area contributed by atoms with E-state index >= 15 is 0 Å². The van der Waals surface area contributed by atoms with Crippen LogP contribution in [0.15, 0.2) is 35.2 Å². The van der Waals surface area contributed by atoms with E-state index in [1.165, 1.54) is 6.26 Å². The largest absolute Gasteiger partial charge is 0.508 e. The van der Waals surface area contributed by atoms with Crippen molar-refractivity contribution < 1.29 is 13.5 Å². The molecule has 0 aliphatic carbocycles. The monoisotopic (exact) mass is 345 g/mol. The van der Waals surface area contributed by atoms with E-state index in [0.717, 1.165) is 47.3 Å². The number of nitrogens with zero attached hydrogens (tertiary/aromatic N) is 1. The zero-order valence-corrected chi connectivity index (χ0v) is 15.2. The first-order chi connectivity index (χ1) is 11.3. The van der Waals surface area contributed by atoms with E-state index in [0.29, 0.717) is 17.2 Å². The molecular weight excluding hydrogens is 322 g/mol. The fraction of sp³-hybridized carbons (Fsp3) is 0.368. The Labute approximate surface area is 143 Å². The third kappa shape index (κ3) is 3.13. The molecule has 0 fully saturated rings. The lowest BCUT2D eigenvalue weighted by molar-refractivity contribution is 0.466. The van der Waals surface area contributed by atoms with Gasteiger partial charge in [0, 0.05) is 30.6 Å². The van der Waals surface area contributed by atoms with Crippen LogP contribution in [0.4, 0.5) is 5.69 Å². The highest BCUT2D eigenvalue weighted by Gasteiger charge is 2.24. The van der Waals surface area contributed by atoms with E-state index in [9.17, 15) is 13.5 Å². The first-order valence-electron chi connectivity index (χ1n) is 8.13. The summed E-state index contributed by atoms with van der Waals surface area (Å²) >= 11 is 0. The maximum Gasteiger partial charge on any atom is 0.175 e. The second-order valence-corrected chi connectivity index (χ2v) is 8.60.